The molecule has 20 heavy (non-hydrogen) atoms. The maximum atomic E-state index is 12.7. The molecule has 0 radical (unpaired) electrons. The molecule has 2 aromatic heterocycles. The molecule has 0 amide bonds. The number of alkyl halides is 3. The van der Waals surface area contributed by atoms with Gasteiger partial charge in [-0.2, -0.15) is 13.2 Å². The van der Waals surface area contributed by atoms with Crippen molar-refractivity contribution in [3.63, 3.8) is 0 Å². The number of halogens is 3. The maximum Gasteiger partial charge on any atom is 0.452 e. The van der Waals surface area contributed by atoms with Gasteiger partial charge in [-0.3, -0.25) is 9.20 Å². The molecular formula is C12H12F3N3O2. The van der Waals surface area contributed by atoms with Crippen LogP contribution in [0.1, 0.15) is 23.9 Å². The van der Waals surface area contributed by atoms with Gasteiger partial charge in [-0.25, -0.2) is 0 Å². The van der Waals surface area contributed by atoms with Gasteiger partial charge >= 0.3 is 12.1 Å². The van der Waals surface area contributed by atoms with Crippen LogP contribution in [-0.2, 0) is 17.4 Å². The summed E-state index contributed by atoms with van der Waals surface area (Å²) in [4.78, 5) is 10.8. The van der Waals surface area contributed by atoms with E-state index in [-0.39, 0.29) is 12.1 Å². The fraction of sp³-hybridized carbons (Fsp3) is 0.417. The van der Waals surface area contributed by atoms with Crippen molar-refractivity contribution in [3.8, 4) is 0 Å². The third-order valence-electron chi connectivity index (χ3n) is 3.14. The lowest BCUT2D eigenvalue weighted by Crippen LogP contribution is -2.14. The van der Waals surface area contributed by atoms with Gasteiger partial charge in [0.15, 0.2) is 5.65 Å². The Labute approximate surface area is 112 Å². The van der Waals surface area contributed by atoms with Gasteiger partial charge in [0, 0.05) is 6.20 Å². The number of carboxylic acids is 1. The highest BCUT2D eigenvalue weighted by Crippen LogP contribution is 2.29. The Bertz CT molecular complexity index is 664. The van der Waals surface area contributed by atoms with Gasteiger partial charge in [-0.1, -0.05) is 6.92 Å². The second-order valence-electron chi connectivity index (χ2n) is 4.62. The summed E-state index contributed by atoms with van der Waals surface area (Å²) in [7, 11) is 0. The molecule has 2 heterocycles. The van der Waals surface area contributed by atoms with E-state index in [1.165, 1.54) is 19.2 Å². The Morgan fingerprint density at radius 3 is 2.65 bits per heavy atom. The predicted molar refractivity (Wildman–Crippen MR) is 63.2 cm³/mol. The number of hydrogen-bond donors (Lipinski definition) is 1. The largest absolute Gasteiger partial charge is 0.481 e. The van der Waals surface area contributed by atoms with Crippen molar-refractivity contribution in [1.82, 2.24) is 14.6 Å². The first kappa shape index (κ1) is 14.3. The Morgan fingerprint density at radius 1 is 1.45 bits per heavy atom. The minimum absolute atomic E-state index is 0.0902. The molecular weight excluding hydrogens is 275 g/mol. The molecule has 8 heteroatoms. The number of pyridine rings is 1. The van der Waals surface area contributed by atoms with Crippen molar-refractivity contribution >= 4 is 11.6 Å². The van der Waals surface area contributed by atoms with Crippen LogP contribution in [0.5, 0.6) is 0 Å². The second kappa shape index (κ2) is 4.77. The molecule has 5 nitrogen and oxygen atoms in total. The molecule has 0 saturated heterocycles. The zero-order chi connectivity index (χ0) is 15.1. The van der Waals surface area contributed by atoms with Crippen LogP contribution in [0.15, 0.2) is 12.3 Å². The van der Waals surface area contributed by atoms with Gasteiger partial charge in [0.05, 0.1) is 5.92 Å². The molecule has 1 unspecified atom stereocenters. The summed E-state index contributed by atoms with van der Waals surface area (Å²) in [5.74, 6) is -2.67. The zero-order valence-electron chi connectivity index (χ0n) is 10.8. The number of rotatable bonds is 3. The number of carbonyl (C=O) groups is 1. The van der Waals surface area contributed by atoms with Gasteiger partial charge in [0.25, 0.3) is 0 Å². The van der Waals surface area contributed by atoms with E-state index in [2.05, 4.69) is 10.2 Å². The van der Waals surface area contributed by atoms with Gasteiger partial charge in [0.1, 0.15) is 0 Å². The topological polar surface area (TPSA) is 67.5 Å². The van der Waals surface area contributed by atoms with Crippen LogP contribution >= 0.6 is 0 Å². The second-order valence-corrected chi connectivity index (χ2v) is 4.62. The number of nitrogens with zero attached hydrogens (tertiary/aromatic N) is 3. The number of fused-ring (bicyclic) bond motifs is 1. The number of carboxylic acid groups (broad SMARTS) is 1. The van der Waals surface area contributed by atoms with E-state index in [1.54, 1.807) is 6.92 Å². The number of hydrogen-bond acceptors (Lipinski definition) is 3. The smallest absolute Gasteiger partial charge is 0.452 e. The van der Waals surface area contributed by atoms with Crippen LogP contribution < -0.4 is 0 Å². The number of aromatic nitrogens is 3. The van der Waals surface area contributed by atoms with E-state index in [9.17, 15) is 18.0 Å². The highest BCUT2D eigenvalue weighted by Gasteiger charge is 2.37. The molecule has 108 valence electrons. The summed E-state index contributed by atoms with van der Waals surface area (Å²) >= 11 is 0. The molecule has 0 aliphatic rings. The normalized spacial score (nSPS) is 13.7. The minimum atomic E-state index is -4.58. The van der Waals surface area contributed by atoms with Crippen molar-refractivity contribution in [1.29, 1.82) is 0 Å². The van der Waals surface area contributed by atoms with Crippen molar-refractivity contribution in [2.45, 2.75) is 26.4 Å². The van der Waals surface area contributed by atoms with Crippen LogP contribution in [0.2, 0.25) is 0 Å². The molecule has 0 spiro atoms. The first-order valence-corrected chi connectivity index (χ1v) is 5.85. The predicted octanol–water partition coefficient (Wildman–Crippen LogP) is 2.32. The molecule has 0 fully saturated rings. The Kier molecular flexibility index (Phi) is 3.41. The summed E-state index contributed by atoms with van der Waals surface area (Å²) in [6, 6.07) is 1.47. The summed E-state index contributed by atoms with van der Waals surface area (Å²) in [6.45, 7) is 3.14. The van der Waals surface area contributed by atoms with Crippen molar-refractivity contribution < 1.29 is 23.1 Å². The molecule has 0 saturated carbocycles. The zero-order valence-corrected chi connectivity index (χ0v) is 10.8. The molecule has 1 atom stereocenters. The van der Waals surface area contributed by atoms with Gasteiger partial charge in [-0.15, -0.1) is 10.2 Å². The monoisotopic (exact) mass is 287 g/mol. The number of aliphatic carboxylic acids is 1. The summed E-state index contributed by atoms with van der Waals surface area (Å²) < 4.78 is 39.0. The van der Waals surface area contributed by atoms with Gasteiger partial charge in [-0.05, 0) is 30.5 Å². The average molecular weight is 287 g/mol. The van der Waals surface area contributed by atoms with E-state index in [4.69, 9.17) is 5.11 Å². The van der Waals surface area contributed by atoms with E-state index < -0.39 is 23.9 Å². The van der Waals surface area contributed by atoms with Crippen LogP contribution in [0, 0.1) is 12.8 Å². The van der Waals surface area contributed by atoms with Crippen molar-refractivity contribution in [3.05, 3.63) is 29.2 Å². The lowest BCUT2D eigenvalue weighted by molar-refractivity contribution is -0.145. The quantitative estimate of drug-likeness (QED) is 0.940. The van der Waals surface area contributed by atoms with Crippen molar-refractivity contribution in [2.24, 2.45) is 5.92 Å². The highest BCUT2D eigenvalue weighted by atomic mass is 19.4. The molecule has 2 aromatic rings. The van der Waals surface area contributed by atoms with Crippen LogP contribution in [-0.4, -0.2) is 25.7 Å². The average Bonchev–Trinajstić information content (AvgIpc) is 2.76. The molecule has 0 bridgehead atoms. The first-order chi connectivity index (χ1) is 9.21. The Hall–Kier alpha value is -2.12. The maximum absolute atomic E-state index is 12.7. The fourth-order valence-corrected chi connectivity index (χ4v) is 1.95. The van der Waals surface area contributed by atoms with Crippen molar-refractivity contribution in [2.75, 3.05) is 0 Å². The molecule has 2 rings (SSSR count). The molecule has 0 aliphatic carbocycles. The summed E-state index contributed by atoms with van der Waals surface area (Å²) in [5, 5.41) is 15.6. The third kappa shape index (κ3) is 2.45. The van der Waals surface area contributed by atoms with Crippen LogP contribution in [0.25, 0.3) is 5.65 Å². The lowest BCUT2D eigenvalue weighted by Gasteiger charge is -2.11. The standard InChI is InChI=1S/C12H12F3N3O2/c1-6(10(19)20)5-8-3-4-18-9(7(8)2)16-17-11(18)12(13,14)15/h3-4,6H,5H2,1-2H3,(H,19,20). The SMILES string of the molecule is Cc1c(CC(C)C(=O)O)ccn2c(C(F)(F)F)nnc12. The minimum Gasteiger partial charge on any atom is -0.481 e. The van der Waals surface area contributed by atoms with Gasteiger partial charge < -0.3 is 5.11 Å². The van der Waals surface area contributed by atoms with Crippen LogP contribution in [0.4, 0.5) is 13.2 Å². The summed E-state index contributed by atoms with van der Waals surface area (Å²) in [6.07, 6.45) is -3.14. The van der Waals surface area contributed by atoms with E-state index >= 15 is 0 Å². The molecule has 0 aromatic carbocycles. The Balaban J connectivity index is 2.48. The number of aryl methyl sites for hydroxylation is 1. The molecule has 1 N–H and O–H groups in total. The lowest BCUT2D eigenvalue weighted by atomic mass is 9.99. The molecule has 0 aliphatic heterocycles. The summed E-state index contributed by atoms with van der Waals surface area (Å²) in [5.41, 5.74) is 1.24. The third-order valence-corrected chi connectivity index (χ3v) is 3.14. The first-order valence-electron chi connectivity index (χ1n) is 5.85. The highest BCUT2D eigenvalue weighted by molar-refractivity contribution is 5.70. The van der Waals surface area contributed by atoms with Gasteiger partial charge in [0.2, 0.25) is 5.82 Å². The Morgan fingerprint density at radius 2 is 2.10 bits per heavy atom. The van der Waals surface area contributed by atoms with E-state index in [0.29, 0.717) is 11.1 Å². The van der Waals surface area contributed by atoms with Crippen LogP contribution in [0.3, 0.4) is 0 Å². The van der Waals surface area contributed by atoms with E-state index in [0.717, 1.165) is 4.40 Å². The van der Waals surface area contributed by atoms with E-state index in [1.807, 2.05) is 0 Å². The fourth-order valence-electron chi connectivity index (χ4n) is 1.95.